The average molecular weight is 202 g/mol. The van der Waals surface area contributed by atoms with Gasteiger partial charge >= 0.3 is 0 Å². The van der Waals surface area contributed by atoms with Crippen LogP contribution in [0.4, 0.5) is 0 Å². The van der Waals surface area contributed by atoms with Crippen molar-refractivity contribution in [1.82, 2.24) is 4.90 Å². The molecule has 0 aliphatic carbocycles. The van der Waals surface area contributed by atoms with E-state index < -0.39 is 0 Å². The van der Waals surface area contributed by atoms with Gasteiger partial charge in [0.1, 0.15) is 0 Å². The third kappa shape index (κ3) is 1.89. The van der Waals surface area contributed by atoms with Crippen LogP contribution in [0.3, 0.4) is 0 Å². The molecule has 0 aromatic rings. The molecule has 2 aliphatic rings. The summed E-state index contributed by atoms with van der Waals surface area (Å²) < 4.78 is 0. The lowest BCUT2D eigenvalue weighted by atomic mass is 9.89. The van der Waals surface area contributed by atoms with Gasteiger partial charge in [-0.3, -0.25) is 4.79 Å². The smallest absolute Gasteiger partial charge is 0.221 e. The van der Waals surface area contributed by atoms with E-state index in [1.165, 1.54) is 25.7 Å². The fraction of sp³-hybridized carbons (Fsp3) is 0.900. The lowest BCUT2D eigenvalue weighted by Crippen LogP contribution is -2.40. The normalized spacial score (nSPS) is 39.4. The van der Waals surface area contributed by atoms with Gasteiger partial charge in [-0.25, -0.2) is 0 Å². The molecule has 2 fully saturated rings. The molecular formula is C10H16ClNO. The number of rotatable bonds is 2. The van der Waals surface area contributed by atoms with Crippen LogP contribution in [0.5, 0.6) is 0 Å². The van der Waals surface area contributed by atoms with E-state index in [0.717, 1.165) is 12.1 Å². The number of nitrogens with zero attached hydrogens (tertiary/aromatic N) is 1. The molecule has 3 atom stereocenters. The van der Waals surface area contributed by atoms with Crippen molar-refractivity contribution in [3.63, 3.8) is 0 Å². The van der Waals surface area contributed by atoms with Crippen LogP contribution in [0.25, 0.3) is 0 Å². The summed E-state index contributed by atoms with van der Waals surface area (Å²) in [5, 5.41) is -0.158. The average Bonchev–Trinajstić information content (AvgIpc) is 2.33. The molecule has 0 spiro atoms. The highest BCUT2D eigenvalue weighted by atomic mass is 35.5. The molecular weight excluding hydrogens is 186 g/mol. The highest BCUT2D eigenvalue weighted by molar-refractivity contribution is 6.63. The zero-order chi connectivity index (χ0) is 9.42. The first-order valence-electron chi connectivity index (χ1n) is 5.07. The first kappa shape index (κ1) is 9.47. The van der Waals surface area contributed by atoms with Gasteiger partial charge < -0.3 is 4.90 Å². The molecule has 2 nitrogen and oxygen atoms in total. The summed E-state index contributed by atoms with van der Waals surface area (Å²) in [5.41, 5.74) is 0. The number of hydrogen-bond donors (Lipinski definition) is 0. The molecule has 2 heterocycles. The summed E-state index contributed by atoms with van der Waals surface area (Å²) in [4.78, 5) is 13.3. The van der Waals surface area contributed by atoms with Crippen molar-refractivity contribution < 1.29 is 4.79 Å². The highest BCUT2D eigenvalue weighted by Gasteiger charge is 2.38. The number of hydrogen-bond acceptors (Lipinski definition) is 2. The van der Waals surface area contributed by atoms with Crippen molar-refractivity contribution in [2.45, 2.75) is 44.2 Å². The van der Waals surface area contributed by atoms with Crippen molar-refractivity contribution >= 4 is 16.8 Å². The molecule has 0 aromatic carbocycles. The van der Waals surface area contributed by atoms with Crippen LogP contribution in [-0.2, 0) is 4.79 Å². The molecule has 2 bridgehead atoms. The maximum Gasteiger partial charge on any atom is 0.221 e. The van der Waals surface area contributed by atoms with Gasteiger partial charge in [-0.2, -0.15) is 0 Å². The Bertz CT molecular complexity index is 205. The summed E-state index contributed by atoms with van der Waals surface area (Å²) in [6.07, 6.45) is 5.56. The van der Waals surface area contributed by atoms with Gasteiger partial charge in [0, 0.05) is 18.5 Å². The number of halogens is 1. The SMILES string of the molecule is CN1[C@@H]2CC[C@H]1CC(CC(=O)Cl)C2. The van der Waals surface area contributed by atoms with Crippen molar-refractivity contribution in [2.75, 3.05) is 7.05 Å². The van der Waals surface area contributed by atoms with Crippen molar-refractivity contribution in [2.24, 2.45) is 5.92 Å². The molecule has 0 saturated carbocycles. The third-order valence-corrected chi connectivity index (χ3v) is 3.80. The maximum atomic E-state index is 10.8. The van der Waals surface area contributed by atoms with Crippen LogP contribution in [0, 0.1) is 5.92 Å². The lowest BCUT2D eigenvalue weighted by molar-refractivity contribution is -0.113. The molecule has 0 amide bonds. The Hall–Kier alpha value is -0.0800. The Kier molecular flexibility index (Phi) is 2.61. The van der Waals surface area contributed by atoms with Gasteiger partial charge in [-0.05, 0) is 50.2 Å². The molecule has 0 aromatic heterocycles. The Morgan fingerprint density at radius 2 is 1.92 bits per heavy atom. The molecule has 3 heteroatoms. The van der Waals surface area contributed by atoms with Crippen LogP contribution in [0.1, 0.15) is 32.1 Å². The summed E-state index contributed by atoms with van der Waals surface area (Å²) in [6, 6.07) is 1.44. The minimum Gasteiger partial charge on any atom is -0.300 e. The fourth-order valence-corrected chi connectivity index (χ4v) is 3.14. The minimum atomic E-state index is -0.158. The predicted octanol–water partition coefficient (Wildman–Crippen LogP) is 2.01. The first-order valence-corrected chi connectivity index (χ1v) is 5.45. The van der Waals surface area contributed by atoms with Crippen LogP contribution in [-0.4, -0.2) is 29.3 Å². The van der Waals surface area contributed by atoms with Gasteiger partial charge in [-0.15, -0.1) is 0 Å². The summed E-state index contributed by atoms with van der Waals surface area (Å²) in [5.74, 6) is 0.554. The van der Waals surface area contributed by atoms with E-state index in [9.17, 15) is 4.79 Å². The van der Waals surface area contributed by atoms with Crippen LogP contribution in [0.15, 0.2) is 0 Å². The van der Waals surface area contributed by atoms with Crippen molar-refractivity contribution in [3.05, 3.63) is 0 Å². The second kappa shape index (κ2) is 3.58. The molecule has 0 radical (unpaired) electrons. The Balaban J connectivity index is 1.95. The van der Waals surface area contributed by atoms with Gasteiger partial charge in [0.05, 0.1) is 0 Å². The minimum absolute atomic E-state index is 0.158. The van der Waals surface area contributed by atoms with Crippen molar-refractivity contribution in [1.29, 1.82) is 0 Å². The summed E-state index contributed by atoms with van der Waals surface area (Å²) in [7, 11) is 2.21. The first-order chi connectivity index (χ1) is 6.16. The van der Waals surface area contributed by atoms with E-state index in [1.54, 1.807) is 0 Å². The zero-order valence-electron chi connectivity index (χ0n) is 8.00. The van der Waals surface area contributed by atoms with E-state index >= 15 is 0 Å². The van der Waals surface area contributed by atoms with E-state index in [2.05, 4.69) is 11.9 Å². The van der Waals surface area contributed by atoms with Gasteiger partial charge in [0.2, 0.25) is 5.24 Å². The zero-order valence-corrected chi connectivity index (χ0v) is 8.76. The number of fused-ring (bicyclic) bond motifs is 2. The summed E-state index contributed by atoms with van der Waals surface area (Å²) >= 11 is 5.41. The van der Waals surface area contributed by atoms with Crippen LogP contribution in [0.2, 0.25) is 0 Å². The van der Waals surface area contributed by atoms with E-state index in [0.29, 0.717) is 12.3 Å². The Labute approximate surface area is 84.2 Å². The second-order valence-corrected chi connectivity index (χ2v) is 4.87. The molecule has 2 rings (SSSR count). The largest absolute Gasteiger partial charge is 0.300 e. The molecule has 0 N–H and O–H groups in total. The number of piperidine rings is 1. The monoisotopic (exact) mass is 201 g/mol. The molecule has 13 heavy (non-hydrogen) atoms. The highest BCUT2D eigenvalue weighted by Crippen LogP contribution is 2.38. The van der Waals surface area contributed by atoms with Crippen molar-refractivity contribution in [3.8, 4) is 0 Å². The maximum absolute atomic E-state index is 10.8. The molecule has 74 valence electrons. The molecule has 2 aliphatic heterocycles. The van der Waals surface area contributed by atoms with E-state index in [4.69, 9.17) is 11.6 Å². The molecule has 2 saturated heterocycles. The standard InChI is InChI=1S/C10H16ClNO/c1-12-8-2-3-9(12)5-7(4-8)6-10(11)13/h7-9H,2-6H2,1H3/t7?,8-,9+. The van der Waals surface area contributed by atoms with Gasteiger partial charge in [0.25, 0.3) is 0 Å². The predicted molar refractivity (Wildman–Crippen MR) is 52.8 cm³/mol. The third-order valence-electron chi connectivity index (χ3n) is 3.65. The fourth-order valence-electron chi connectivity index (χ4n) is 2.92. The topological polar surface area (TPSA) is 20.3 Å². The van der Waals surface area contributed by atoms with Crippen LogP contribution < -0.4 is 0 Å². The van der Waals surface area contributed by atoms with Gasteiger partial charge in [-0.1, -0.05) is 0 Å². The molecule has 1 unspecified atom stereocenters. The Morgan fingerprint density at radius 1 is 1.38 bits per heavy atom. The number of carbonyl (C=O) groups excluding carboxylic acids is 1. The number of carbonyl (C=O) groups is 1. The second-order valence-electron chi connectivity index (χ2n) is 4.45. The van der Waals surface area contributed by atoms with E-state index in [1.807, 2.05) is 0 Å². The quantitative estimate of drug-likeness (QED) is 0.638. The Morgan fingerprint density at radius 3 is 2.38 bits per heavy atom. The van der Waals surface area contributed by atoms with E-state index in [-0.39, 0.29) is 5.24 Å². The van der Waals surface area contributed by atoms with Crippen LogP contribution >= 0.6 is 11.6 Å². The van der Waals surface area contributed by atoms with Gasteiger partial charge in [0.15, 0.2) is 0 Å². The lowest BCUT2D eigenvalue weighted by Gasteiger charge is -2.35. The summed E-state index contributed by atoms with van der Waals surface area (Å²) in [6.45, 7) is 0.